The molecule has 270 valence electrons. The van der Waals surface area contributed by atoms with Crippen LogP contribution in [-0.2, 0) is 66.6 Å². The van der Waals surface area contributed by atoms with Crippen LogP contribution in [0.3, 0.4) is 0 Å². The Balaban J connectivity index is -0.0000000493. The van der Waals surface area contributed by atoms with Crippen molar-refractivity contribution in [1.82, 2.24) is 0 Å². The first kappa shape index (κ1) is 64.9. The molecular formula is C23H56Cu2N4O12Si2. The summed E-state index contributed by atoms with van der Waals surface area (Å²) in [7, 11) is 3.72. The van der Waals surface area contributed by atoms with E-state index in [-0.39, 0.29) is 43.7 Å². The molecule has 0 unspecified atom stereocenters. The van der Waals surface area contributed by atoms with Crippen LogP contribution in [-0.4, -0.2) is 135 Å². The van der Waals surface area contributed by atoms with E-state index in [4.69, 9.17) is 69.5 Å². The first-order chi connectivity index (χ1) is 19.1. The van der Waals surface area contributed by atoms with Gasteiger partial charge >= 0.3 is 42.9 Å². The Labute approximate surface area is 282 Å². The van der Waals surface area contributed by atoms with Crippen molar-refractivity contribution < 1.29 is 92.1 Å². The third-order valence-corrected chi connectivity index (χ3v) is 7.23. The van der Waals surface area contributed by atoms with Gasteiger partial charge in [0.2, 0.25) is 0 Å². The monoisotopic (exact) mass is 762 g/mol. The summed E-state index contributed by atoms with van der Waals surface area (Å²) < 4.78 is 15.8. The Bertz CT molecular complexity index is 482. The normalized spacial score (nSPS) is 8.74. The molecule has 2 radical (unpaired) electrons. The topological polar surface area (TPSA) is 273 Å². The number of aliphatic carboxylic acids is 4. The number of hydrogen-bond acceptors (Lipinski definition) is 8. The molecule has 43 heavy (non-hydrogen) atoms. The van der Waals surface area contributed by atoms with E-state index in [9.17, 15) is 0 Å². The molecule has 0 aromatic carbocycles. The molecule has 7 N–H and O–H groups in total. The Hall–Kier alpha value is -0.967. The number of hydrogen-bond donors (Lipinski definition) is 5. The quantitative estimate of drug-likeness (QED) is 0.119. The molecule has 0 aromatic rings. The smallest absolute Gasteiger partial charge is 0.679 e. The number of aliphatic hydroxyl groups is 1. The van der Waals surface area contributed by atoms with Gasteiger partial charge < -0.3 is 60.9 Å². The fourth-order valence-electron chi connectivity index (χ4n) is 1.82. The predicted octanol–water partition coefficient (Wildman–Crippen LogP) is 3.09. The van der Waals surface area contributed by atoms with E-state index < -0.39 is 32.7 Å². The Morgan fingerprint density at radius 2 is 0.907 bits per heavy atom. The molecule has 0 bridgehead atoms. The van der Waals surface area contributed by atoms with Gasteiger partial charge in [-0.05, 0) is 0 Å². The van der Waals surface area contributed by atoms with Gasteiger partial charge in [-0.1, -0.05) is 25.4 Å². The van der Waals surface area contributed by atoms with Crippen LogP contribution in [0.15, 0.2) is 0 Å². The zero-order valence-corrected chi connectivity index (χ0v) is 31.2. The number of aliphatic hydroxyl groups excluding tert-OH is 1. The van der Waals surface area contributed by atoms with Crippen molar-refractivity contribution in [2.24, 2.45) is 0 Å². The molecule has 0 fully saturated rings. The van der Waals surface area contributed by atoms with Gasteiger partial charge in [-0.15, -0.1) is 13.1 Å². The molecule has 0 atom stereocenters. The van der Waals surface area contributed by atoms with Gasteiger partial charge in [-0.3, -0.25) is 19.2 Å². The van der Waals surface area contributed by atoms with E-state index in [0.717, 1.165) is 66.9 Å². The molecule has 0 amide bonds. The van der Waals surface area contributed by atoms with Crippen LogP contribution in [0.4, 0.5) is 0 Å². The second-order valence-corrected chi connectivity index (χ2v) is 11.8. The number of carboxylic acids is 4. The summed E-state index contributed by atoms with van der Waals surface area (Å²) in [5.41, 5.74) is 13.7. The zero-order chi connectivity index (χ0) is 34.1. The maximum absolute atomic E-state index is 9.00. The predicted molar refractivity (Wildman–Crippen MR) is 166 cm³/mol. The number of nitrogens with zero attached hydrogens (tertiary/aromatic N) is 2. The number of rotatable bonds is 15. The molecule has 0 saturated carbocycles. The Kier molecular flexibility index (Phi) is 90.9. The third-order valence-electron chi connectivity index (χ3n) is 3.19. The summed E-state index contributed by atoms with van der Waals surface area (Å²) in [6, 6.07) is 2.19. The summed E-state index contributed by atoms with van der Waals surface area (Å²) in [5, 5.41) is 45.0. The minimum absolute atomic E-state index is 0. The van der Waals surface area contributed by atoms with Gasteiger partial charge in [-0.2, -0.15) is 26.2 Å². The summed E-state index contributed by atoms with van der Waals surface area (Å²) in [6.45, 7) is 10.6. The molecule has 0 rings (SSSR count). The molecule has 0 aromatic heterocycles. The van der Waals surface area contributed by atoms with Crippen LogP contribution in [0.5, 0.6) is 0 Å². The van der Waals surface area contributed by atoms with E-state index in [2.05, 4.69) is 17.2 Å². The van der Waals surface area contributed by atoms with Gasteiger partial charge in [0.25, 0.3) is 23.9 Å². The SMILES string of the molecule is CC(=O)O.CC(=O)O.CC(=O)O.CC(=O)O.CO.CO[Si](CCC[N-]CC[NH-])(OC)OC.C[SiH2]CCC[N-]CC[NH-].[Cu+2].[Cu+2]. The maximum Gasteiger partial charge on any atom is 2.00 e. The van der Waals surface area contributed by atoms with Gasteiger partial charge in [0.05, 0.1) is 0 Å². The molecule has 0 aliphatic rings. The first-order valence-corrected chi connectivity index (χ1v) is 16.9. The standard InChI is InChI=1S/C8H20N2O3Si.C6H16N2Si.4C2H4O2.CH4O.2Cu/c1-11-14(12-2,13-3)8-4-6-10-7-5-9;1-9-6-2-4-8-5-3-7;4*1-2(3)4;1-2;;/h9H,4-8H2,1-3H3;7H,2-6,9H2,1H3;4*1H3,(H,3,4);2H,1H3;;/q2*-2;;;;;;2*+2. The van der Waals surface area contributed by atoms with E-state index in [0.29, 0.717) is 19.6 Å². The fourth-order valence-corrected chi connectivity index (χ4v) is 4.25. The van der Waals surface area contributed by atoms with Crippen LogP contribution in [0.1, 0.15) is 40.5 Å². The minimum Gasteiger partial charge on any atom is -0.679 e. The van der Waals surface area contributed by atoms with Crippen molar-refractivity contribution in [2.45, 2.75) is 59.2 Å². The van der Waals surface area contributed by atoms with Crippen LogP contribution in [0.2, 0.25) is 18.6 Å². The van der Waals surface area contributed by atoms with Crippen molar-refractivity contribution in [1.29, 1.82) is 0 Å². The molecular weight excluding hydrogens is 708 g/mol. The third kappa shape index (κ3) is 129. The molecule has 0 saturated heterocycles. The summed E-state index contributed by atoms with van der Waals surface area (Å²) in [5.74, 6) is -3.33. The molecule has 0 aliphatic carbocycles. The Morgan fingerprint density at radius 1 is 0.651 bits per heavy atom. The molecule has 16 nitrogen and oxygen atoms in total. The average Bonchev–Trinajstić information content (AvgIpc) is 2.87. The van der Waals surface area contributed by atoms with Crippen LogP contribution < -0.4 is 0 Å². The maximum atomic E-state index is 9.00. The summed E-state index contributed by atoms with van der Waals surface area (Å²) >= 11 is 0. The number of carboxylic acid groups (broad SMARTS) is 4. The minimum atomic E-state index is -2.38. The van der Waals surface area contributed by atoms with Crippen LogP contribution in [0.25, 0.3) is 22.1 Å². The van der Waals surface area contributed by atoms with Gasteiger partial charge in [0.15, 0.2) is 0 Å². The van der Waals surface area contributed by atoms with E-state index in [1.54, 1.807) is 21.3 Å². The summed E-state index contributed by atoms with van der Waals surface area (Å²) in [4.78, 5) is 36.0. The summed E-state index contributed by atoms with van der Waals surface area (Å²) in [6.07, 6.45) is 2.16. The first-order valence-electron chi connectivity index (χ1n) is 12.5. The van der Waals surface area contributed by atoms with Crippen molar-refractivity contribution in [2.75, 3.05) is 67.7 Å². The van der Waals surface area contributed by atoms with E-state index in [1.807, 2.05) is 0 Å². The van der Waals surface area contributed by atoms with Crippen LogP contribution >= 0.6 is 0 Å². The average molecular weight is 764 g/mol. The van der Waals surface area contributed by atoms with E-state index >= 15 is 0 Å². The van der Waals surface area contributed by atoms with Gasteiger partial charge in [0.1, 0.15) is 0 Å². The number of carbonyl (C=O) groups is 4. The molecule has 0 spiro atoms. The van der Waals surface area contributed by atoms with E-state index in [1.165, 1.54) is 12.5 Å². The number of nitrogens with one attached hydrogen (secondary N) is 2. The Morgan fingerprint density at radius 3 is 1.12 bits per heavy atom. The van der Waals surface area contributed by atoms with Crippen LogP contribution in [0, 0.1) is 0 Å². The zero-order valence-electron chi connectivity index (χ0n) is 26.9. The second kappa shape index (κ2) is 60.3. The molecule has 0 aliphatic heterocycles. The molecule has 20 heteroatoms. The second-order valence-electron chi connectivity index (χ2n) is 7.02. The fraction of sp³-hybridized carbons (Fsp3) is 0.826. The van der Waals surface area contributed by atoms with Crippen molar-refractivity contribution in [3.63, 3.8) is 0 Å². The largest absolute Gasteiger partial charge is 2.00 e. The van der Waals surface area contributed by atoms with Crippen molar-refractivity contribution in [3.05, 3.63) is 22.1 Å². The van der Waals surface area contributed by atoms with Crippen molar-refractivity contribution in [3.8, 4) is 0 Å². The van der Waals surface area contributed by atoms with Gasteiger partial charge in [0, 0.05) is 71.7 Å². The van der Waals surface area contributed by atoms with Gasteiger partial charge in [-0.25, -0.2) is 0 Å². The molecule has 0 heterocycles. The van der Waals surface area contributed by atoms with Crippen molar-refractivity contribution >= 4 is 42.2 Å².